The molecule has 0 aliphatic carbocycles. The quantitative estimate of drug-likeness (QED) is 0.549. The number of tetrazole rings is 1. The summed E-state index contributed by atoms with van der Waals surface area (Å²) in [4.78, 5) is 12.3. The van der Waals surface area contributed by atoms with E-state index in [9.17, 15) is 4.79 Å². The number of ether oxygens (including phenoxy) is 1. The van der Waals surface area contributed by atoms with Gasteiger partial charge in [-0.3, -0.25) is 0 Å². The second kappa shape index (κ2) is 8.06. The van der Waals surface area contributed by atoms with Crippen LogP contribution < -0.4 is 15.9 Å². The van der Waals surface area contributed by atoms with Gasteiger partial charge < -0.3 is 14.0 Å². The van der Waals surface area contributed by atoms with E-state index in [0.29, 0.717) is 22.0 Å². The number of benzene rings is 2. The molecule has 0 bridgehead atoms. The molecule has 1 fully saturated rings. The van der Waals surface area contributed by atoms with Gasteiger partial charge in [-0.1, -0.05) is 29.8 Å². The number of nitrogens with zero attached hydrogens (tertiary/aromatic N) is 4. The van der Waals surface area contributed by atoms with E-state index in [4.69, 9.17) is 25.6 Å². The maximum atomic E-state index is 12.3. The highest BCUT2D eigenvalue weighted by Gasteiger charge is 2.51. The zero-order valence-corrected chi connectivity index (χ0v) is 19.8. The predicted octanol–water partition coefficient (Wildman–Crippen LogP) is 2.81. The summed E-state index contributed by atoms with van der Waals surface area (Å²) in [6.45, 7) is 10.2. The lowest BCUT2D eigenvalue weighted by molar-refractivity contribution is 0.00578. The van der Waals surface area contributed by atoms with E-state index in [-0.39, 0.29) is 12.3 Å². The number of hydrogen-bond acceptors (Lipinski definition) is 6. The van der Waals surface area contributed by atoms with Crippen LogP contribution in [0.2, 0.25) is 5.02 Å². The number of rotatable bonds is 5. The lowest BCUT2D eigenvalue weighted by Crippen LogP contribution is -2.41. The molecule has 1 aromatic heterocycles. The first kappa shape index (κ1) is 22.6. The Labute approximate surface area is 192 Å². The first-order valence-electron chi connectivity index (χ1n) is 10.4. The molecule has 1 saturated heterocycles. The van der Waals surface area contributed by atoms with Crippen LogP contribution in [0.1, 0.15) is 38.8 Å². The molecular formula is C22H26BClN4O4. The van der Waals surface area contributed by atoms with Crippen LogP contribution in [0.5, 0.6) is 5.75 Å². The maximum absolute atomic E-state index is 12.3. The monoisotopic (exact) mass is 456 g/mol. The summed E-state index contributed by atoms with van der Waals surface area (Å²) < 4.78 is 20.7. The molecule has 8 nitrogen and oxygen atoms in total. The lowest BCUT2D eigenvalue weighted by atomic mass is 9.78. The molecule has 0 radical (unpaired) electrons. The Morgan fingerprint density at radius 3 is 2.38 bits per heavy atom. The third-order valence-corrected chi connectivity index (χ3v) is 6.49. The van der Waals surface area contributed by atoms with Crippen LogP contribution in [0.15, 0.2) is 41.2 Å². The van der Waals surface area contributed by atoms with E-state index in [2.05, 4.69) is 10.4 Å². The maximum Gasteiger partial charge on any atom is 0.494 e. The van der Waals surface area contributed by atoms with Crippen molar-refractivity contribution in [2.24, 2.45) is 7.05 Å². The van der Waals surface area contributed by atoms with Crippen molar-refractivity contribution in [3.8, 4) is 11.4 Å². The van der Waals surface area contributed by atoms with Crippen molar-refractivity contribution in [3.05, 3.63) is 63.0 Å². The first-order valence-corrected chi connectivity index (χ1v) is 10.7. The molecule has 2 heterocycles. The van der Waals surface area contributed by atoms with Crippen molar-refractivity contribution in [2.75, 3.05) is 0 Å². The fourth-order valence-electron chi connectivity index (χ4n) is 3.46. The van der Waals surface area contributed by atoms with Crippen LogP contribution in [0.25, 0.3) is 5.69 Å². The van der Waals surface area contributed by atoms with E-state index in [0.717, 1.165) is 15.7 Å². The Kier molecular flexibility index (Phi) is 5.69. The zero-order chi connectivity index (χ0) is 23.3. The van der Waals surface area contributed by atoms with E-state index in [1.165, 1.54) is 11.7 Å². The Morgan fingerprint density at radius 2 is 1.78 bits per heavy atom. The smallest absolute Gasteiger partial charge is 0.488 e. The van der Waals surface area contributed by atoms with Crippen LogP contribution in [-0.4, -0.2) is 38.1 Å². The summed E-state index contributed by atoms with van der Waals surface area (Å²) in [5.41, 5.74) is 1.87. The van der Waals surface area contributed by atoms with Gasteiger partial charge in [0.1, 0.15) is 12.4 Å². The molecular weight excluding hydrogens is 431 g/mol. The molecule has 0 spiro atoms. The van der Waals surface area contributed by atoms with E-state index in [1.807, 2.05) is 52.8 Å². The van der Waals surface area contributed by atoms with Gasteiger partial charge in [0.2, 0.25) is 0 Å². The minimum atomic E-state index is -0.438. The molecule has 10 heteroatoms. The van der Waals surface area contributed by atoms with Crippen LogP contribution in [0, 0.1) is 6.92 Å². The molecule has 168 valence electrons. The number of halogens is 1. The van der Waals surface area contributed by atoms with Crippen molar-refractivity contribution in [1.29, 1.82) is 0 Å². The van der Waals surface area contributed by atoms with Crippen molar-refractivity contribution >= 4 is 24.2 Å². The van der Waals surface area contributed by atoms with Crippen molar-refractivity contribution in [2.45, 2.75) is 52.4 Å². The Hall–Kier alpha value is -2.62. The molecule has 3 aromatic rings. The van der Waals surface area contributed by atoms with Gasteiger partial charge in [0.25, 0.3) is 0 Å². The van der Waals surface area contributed by atoms with E-state index >= 15 is 0 Å². The highest BCUT2D eigenvalue weighted by Crippen LogP contribution is 2.36. The zero-order valence-electron chi connectivity index (χ0n) is 19.0. The average molecular weight is 457 g/mol. The largest absolute Gasteiger partial charge is 0.494 e. The second-order valence-electron chi connectivity index (χ2n) is 8.94. The number of hydrogen-bond donors (Lipinski definition) is 0. The van der Waals surface area contributed by atoms with Crippen LogP contribution in [-0.2, 0) is 23.0 Å². The number of aromatic nitrogens is 4. The predicted molar refractivity (Wildman–Crippen MR) is 123 cm³/mol. The van der Waals surface area contributed by atoms with Crippen molar-refractivity contribution in [1.82, 2.24) is 19.8 Å². The molecule has 0 amide bonds. The molecule has 0 unspecified atom stereocenters. The van der Waals surface area contributed by atoms with E-state index in [1.54, 1.807) is 18.2 Å². The third-order valence-electron chi connectivity index (χ3n) is 6.14. The minimum Gasteiger partial charge on any atom is -0.488 e. The summed E-state index contributed by atoms with van der Waals surface area (Å²) in [6.07, 6.45) is 0. The first-order chi connectivity index (χ1) is 15.0. The molecule has 1 aliphatic rings. The SMILES string of the molecule is Cc1cc(B2OC(C)(C)C(C)(C)O2)ccc1OCc1c(Cl)cccc1-n1nnn(C)c1=O. The van der Waals surface area contributed by atoms with Crippen LogP contribution >= 0.6 is 11.6 Å². The summed E-state index contributed by atoms with van der Waals surface area (Å²) in [5.74, 6) is 0.697. The average Bonchev–Trinajstić information content (AvgIpc) is 3.16. The van der Waals surface area contributed by atoms with Gasteiger partial charge in [0.15, 0.2) is 0 Å². The van der Waals surface area contributed by atoms with E-state index < -0.39 is 18.3 Å². The molecule has 2 aromatic carbocycles. The molecule has 4 rings (SSSR count). The number of aryl methyl sites for hydroxylation is 2. The highest BCUT2D eigenvalue weighted by molar-refractivity contribution is 6.62. The van der Waals surface area contributed by atoms with Crippen LogP contribution in [0.4, 0.5) is 0 Å². The molecule has 0 N–H and O–H groups in total. The molecule has 32 heavy (non-hydrogen) atoms. The topological polar surface area (TPSA) is 80.4 Å². The van der Waals surface area contributed by atoms with Gasteiger partial charge in [0, 0.05) is 17.6 Å². The van der Waals surface area contributed by atoms with Gasteiger partial charge in [0.05, 0.1) is 16.9 Å². The fourth-order valence-corrected chi connectivity index (χ4v) is 3.69. The van der Waals surface area contributed by atoms with Crippen molar-refractivity contribution < 1.29 is 14.0 Å². The summed E-state index contributed by atoms with van der Waals surface area (Å²) in [5, 5.41) is 8.17. The fraction of sp³-hybridized carbons (Fsp3) is 0.409. The Morgan fingerprint density at radius 1 is 1.09 bits per heavy atom. The van der Waals surface area contributed by atoms with Gasteiger partial charge in [-0.05, 0) is 74.3 Å². The van der Waals surface area contributed by atoms with Gasteiger partial charge >= 0.3 is 12.8 Å². The Balaban J connectivity index is 1.56. The summed E-state index contributed by atoms with van der Waals surface area (Å²) in [7, 11) is 1.10. The van der Waals surface area contributed by atoms with Gasteiger partial charge in [-0.25, -0.2) is 4.79 Å². The summed E-state index contributed by atoms with van der Waals surface area (Å²) >= 11 is 6.43. The van der Waals surface area contributed by atoms with Crippen molar-refractivity contribution in [3.63, 3.8) is 0 Å². The highest BCUT2D eigenvalue weighted by atomic mass is 35.5. The Bertz CT molecular complexity index is 1200. The second-order valence-corrected chi connectivity index (χ2v) is 9.34. The summed E-state index contributed by atoms with van der Waals surface area (Å²) in [6, 6.07) is 11.1. The van der Waals surface area contributed by atoms with Gasteiger partial charge in [-0.2, -0.15) is 9.36 Å². The molecule has 0 saturated carbocycles. The van der Waals surface area contributed by atoms with Crippen LogP contribution in [0.3, 0.4) is 0 Å². The lowest BCUT2D eigenvalue weighted by Gasteiger charge is -2.32. The minimum absolute atomic E-state index is 0.161. The third kappa shape index (κ3) is 3.96. The molecule has 1 aliphatic heterocycles. The standard InChI is InChI=1S/C22H26BClN4O4/c1-14-12-15(23-31-21(2,3)22(4,5)32-23)10-11-19(14)30-13-16-17(24)8-7-9-18(16)28-20(29)27(6)25-26-28/h7-12H,13H2,1-6H3. The van der Waals surface area contributed by atoms with Gasteiger partial charge in [-0.15, -0.1) is 0 Å². The normalized spacial score (nSPS) is 17.0. The molecule has 0 atom stereocenters.